The number of rotatable bonds is 8. The topological polar surface area (TPSA) is 72.3 Å². The van der Waals surface area contributed by atoms with Crippen molar-refractivity contribution in [2.24, 2.45) is 5.92 Å². The van der Waals surface area contributed by atoms with Gasteiger partial charge >= 0.3 is 5.97 Å². The number of aryl methyl sites for hydroxylation is 1. The number of likely N-dealkylation sites (tertiary alicyclic amines) is 1. The molecule has 1 saturated carbocycles. The molecule has 0 bridgehead atoms. The maximum Gasteiger partial charge on any atom is 0.343 e. The van der Waals surface area contributed by atoms with Crippen molar-refractivity contribution in [3.8, 4) is 0 Å². The largest absolute Gasteiger partial charge is 0.454 e. The van der Waals surface area contributed by atoms with Gasteiger partial charge in [-0.15, -0.1) is 0 Å². The smallest absolute Gasteiger partial charge is 0.343 e. The summed E-state index contributed by atoms with van der Waals surface area (Å²) < 4.78 is 6.98. The summed E-state index contributed by atoms with van der Waals surface area (Å²) >= 11 is 0. The molecule has 33 heavy (non-hydrogen) atoms. The summed E-state index contributed by atoms with van der Waals surface area (Å²) in [5.74, 6) is -0.543. The first-order valence-electron chi connectivity index (χ1n) is 12.6. The van der Waals surface area contributed by atoms with E-state index in [1.54, 1.807) is 12.5 Å². The first kappa shape index (κ1) is 23.8. The molecule has 2 aromatic rings. The quantitative estimate of drug-likeness (QED) is 0.484. The number of aromatic nitrogens is 2. The predicted molar refractivity (Wildman–Crippen MR) is 127 cm³/mol. The summed E-state index contributed by atoms with van der Waals surface area (Å²) in [4.78, 5) is 21.9. The van der Waals surface area contributed by atoms with Crippen molar-refractivity contribution in [3.05, 3.63) is 60.2 Å². The molecule has 2 fully saturated rings. The van der Waals surface area contributed by atoms with Crippen molar-refractivity contribution in [2.75, 3.05) is 26.7 Å². The highest BCUT2D eigenvalue weighted by atomic mass is 16.6. The van der Waals surface area contributed by atoms with Gasteiger partial charge in [0.25, 0.3) is 0 Å². The summed E-state index contributed by atoms with van der Waals surface area (Å²) in [6, 6.07) is 11.4. The van der Waals surface area contributed by atoms with Gasteiger partial charge < -0.3 is 14.3 Å². The summed E-state index contributed by atoms with van der Waals surface area (Å²) in [6.45, 7) is 2.90. The first-order chi connectivity index (χ1) is 16.0. The van der Waals surface area contributed by atoms with E-state index in [4.69, 9.17) is 4.74 Å². The maximum atomic E-state index is 13.5. The van der Waals surface area contributed by atoms with Crippen LogP contribution >= 0.6 is 0 Å². The second kappa shape index (κ2) is 10.7. The molecule has 0 radical (unpaired) electrons. The zero-order valence-corrected chi connectivity index (χ0v) is 19.9. The molecular formula is C27H38N3O3+. The SMILES string of the molecule is C[N+]1(CCCc2ccncn2)CCCC(OC(=O)[C@](O)(c2ccccc2)C2CCCCC2)C1. The minimum absolute atomic E-state index is 0.0847. The van der Waals surface area contributed by atoms with Crippen molar-refractivity contribution in [3.63, 3.8) is 0 Å². The third-order valence-corrected chi connectivity index (χ3v) is 7.64. The van der Waals surface area contributed by atoms with Crippen LogP contribution in [-0.4, -0.2) is 58.3 Å². The monoisotopic (exact) mass is 452 g/mol. The Morgan fingerprint density at radius 3 is 2.64 bits per heavy atom. The number of hydrogen-bond donors (Lipinski definition) is 1. The highest BCUT2D eigenvalue weighted by Crippen LogP contribution is 2.41. The van der Waals surface area contributed by atoms with Crippen molar-refractivity contribution >= 4 is 5.97 Å². The lowest BCUT2D eigenvalue weighted by Gasteiger charge is -2.42. The fourth-order valence-electron chi connectivity index (χ4n) is 5.76. The Labute approximate surface area is 197 Å². The minimum atomic E-state index is -1.56. The molecule has 1 aliphatic heterocycles. The van der Waals surface area contributed by atoms with Crippen LogP contribution in [0.1, 0.15) is 62.6 Å². The van der Waals surface area contributed by atoms with Crippen molar-refractivity contribution in [1.29, 1.82) is 0 Å². The number of piperidine rings is 1. The van der Waals surface area contributed by atoms with E-state index >= 15 is 0 Å². The van der Waals surface area contributed by atoms with Crippen molar-refractivity contribution < 1.29 is 19.1 Å². The van der Waals surface area contributed by atoms with Crippen LogP contribution in [-0.2, 0) is 21.6 Å². The lowest BCUT2D eigenvalue weighted by Crippen LogP contribution is -2.55. The van der Waals surface area contributed by atoms with E-state index in [2.05, 4.69) is 17.0 Å². The Bertz CT molecular complexity index is 888. The van der Waals surface area contributed by atoms with E-state index in [9.17, 15) is 9.90 Å². The molecule has 0 spiro atoms. The molecule has 1 aliphatic carbocycles. The van der Waals surface area contributed by atoms with Crippen LogP contribution in [0.15, 0.2) is 48.9 Å². The van der Waals surface area contributed by atoms with Crippen LogP contribution < -0.4 is 0 Å². The van der Waals surface area contributed by atoms with Crippen LogP contribution in [0.2, 0.25) is 0 Å². The third-order valence-electron chi connectivity index (χ3n) is 7.64. The van der Waals surface area contributed by atoms with Gasteiger partial charge in [-0.2, -0.15) is 0 Å². The van der Waals surface area contributed by atoms with Crippen LogP contribution in [0.5, 0.6) is 0 Å². The molecule has 1 aromatic carbocycles. The molecule has 1 aromatic heterocycles. The van der Waals surface area contributed by atoms with Crippen LogP contribution in [0.25, 0.3) is 0 Å². The van der Waals surface area contributed by atoms with E-state index < -0.39 is 11.6 Å². The third kappa shape index (κ3) is 5.79. The Hall–Kier alpha value is -2.31. The zero-order valence-electron chi connectivity index (χ0n) is 19.9. The van der Waals surface area contributed by atoms with Gasteiger partial charge in [-0.3, -0.25) is 0 Å². The number of carbonyl (C=O) groups is 1. The predicted octanol–water partition coefficient (Wildman–Crippen LogP) is 4.03. The number of benzene rings is 1. The summed E-state index contributed by atoms with van der Waals surface area (Å²) in [5, 5.41) is 11.8. The Morgan fingerprint density at radius 2 is 1.91 bits per heavy atom. The molecule has 1 N–H and O–H groups in total. The molecule has 3 atom stereocenters. The second-order valence-corrected chi connectivity index (χ2v) is 10.2. The highest BCUT2D eigenvalue weighted by Gasteiger charge is 2.48. The van der Waals surface area contributed by atoms with Gasteiger partial charge in [0.1, 0.15) is 12.9 Å². The Morgan fingerprint density at radius 1 is 1.12 bits per heavy atom. The number of likely N-dealkylation sites (N-methyl/N-ethyl adjacent to an activating group) is 1. The maximum absolute atomic E-state index is 13.5. The fourth-order valence-corrected chi connectivity index (χ4v) is 5.76. The number of quaternary nitrogens is 1. The van der Waals surface area contributed by atoms with E-state index in [-0.39, 0.29) is 12.0 Å². The summed E-state index contributed by atoms with van der Waals surface area (Å²) in [6.07, 6.45) is 12.1. The van der Waals surface area contributed by atoms with Crippen molar-refractivity contribution in [2.45, 2.75) is 69.5 Å². The fraction of sp³-hybridized carbons (Fsp3) is 0.593. The molecule has 178 valence electrons. The highest BCUT2D eigenvalue weighted by molar-refractivity contribution is 5.81. The lowest BCUT2D eigenvalue weighted by molar-refractivity contribution is -0.917. The normalized spacial score (nSPS) is 25.8. The molecule has 2 unspecified atom stereocenters. The summed E-state index contributed by atoms with van der Waals surface area (Å²) in [5.41, 5.74) is 0.173. The average Bonchev–Trinajstić information content (AvgIpc) is 2.85. The molecule has 4 rings (SSSR count). The number of aliphatic hydroxyl groups is 1. The van der Waals surface area contributed by atoms with Gasteiger partial charge in [-0.1, -0.05) is 49.6 Å². The minimum Gasteiger partial charge on any atom is -0.454 e. The average molecular weight is 453 g/mol. The molecule has 2 aliphatic rings. The number of nitrogens with zero attached hydrogens (tertiary/aromatic N) is 3. The standard InChI is InChI=1S/C27H38N3O3/c1-30(18-8-14-24-16-17-28-21-29-24)19-9-15-25(20-30)33-26(31)27(32,22-10-4-2-5-11-22)23-12-6-3-7-13-23/h2,4-5,10-11,16-17,21,23,25,32H,3,6-9,12-15,18-20H2,1H3/q+1/t25?,27-,30?/m0/s1. The molecule has 6 heteroatoms. The van der Waals surface area contributed by atoms with Gasteiger partial charge in [0.15, 0.2) is 11.7 Å². The molecule has 2 heterocycles. The number of carbonyl (C=O) groups excluding carboxylic acids is 1. The van der Waals surface area contributed by atoms with Crippen LogP contribution in [0.4, 0.5) is 0 Å². The molecular weight excluding hydrogens is 414 g/mol. The van der Waals surface area contributed by atoms with Crippen LogP contribution in [0, 0.1) is 5.92 Å². The van der Waals surface area contributed by atoms with Gasteiger partial charge in [0, 0.05) is 30.7 Å². The van der Waals surface area contributed by atoms with Gasteiger partial charge in [-0.05, 0) is 37.3 Å². The number of ether oxygens (including phenoxy) is 1. The van der Waals surface area contributed by atoms with Gasteiger partial charge in [-0.25, -0.2) is 14.8 Å². The van der Waals surface area contributed by atoms with E-state index in [1.807, 2.05) is 36.4 Å². The Kier molecular flexibility index (Phi) is 7.76. The lowest BCUT2D eigenvalue weighted by atomic mass is 9.73. The number of esters is 1. The van der Waals surface area contributed by atoms with Crippen molar-refractivity contribution in [1.82, 2.24) is 9.97 Å². The van der Waals surface area contributed by atoms with Gasteiger partial charge in [0.05, 0.1) is 20.1 Å². The van der Waals surface area contributed by atoms with Crippen LogP contribution in [0.3, 0.4) is 0 Å². The summed E-state index contributed by atoms with van der Waals surface area (Å²) in [7, 11) is 2.25. The molecule has 0 amide bonds. The van der Waals surface area contributed by atoms with E-state index in [1.165, 1.54) is 6.42 Å². The van der Waals surface area contributed by atoms with E-state index in [0.29, 0.717) is 5.56 Å². The van der Waals surface area contributed by atoms with E-state index in [0.717, 1.165) is 81.2 Å². The number of hydrogen-bond acceptors (Lipinski definition) is 5. The first-order valence-corrected chi connectivity index (χ1v) is 12.6. The molecule has 6 nitrogen and oxygen atoms in total. The zero-order chi connectivity index (χ0) is 23.2. The Balaban J connectivity index is 1.41. The van der Waals surface area contributed by atoms with Gasteiger partial charge in [0.2, 0.25) is 0 Å². The second-order valence-electron chi connectivity index (χ2n) is 10.2. The molecule has 1 saturated heterocycles.